The molecule has 6 nitrogen and oxygen atoms in total. The van der Waals surface area contributed by atoms with Crippen LogP contribution in [0.3, 0.4) is 0 Å². The number of hydrogen-bond acceptors (Lipinski definition) is 4. The molecule has 3 aromatic carbocycles. The van der Waals surface area contributed by atoms with Crippen molar-refractivity contribution in [3.05, 3.63) is 83.4 Å². The van der Waals surface area contributed by atoms with E-state index in [1.807, 2.05) is 13.8 Å². The van der Waals surface area contributed by atoms with Crippen molar-refractivity contribution in [2.45, 2.75) is 43.0 Å². The average Bonchev–Trinajstić information content (AvgIpc) is 2.88. The van der Waals surface area contributed by atoms with Gasteiger partial charge in [-0.15, -0.1) is 0 Å². The number of ether oxygens (including phenoxy) is 1. The number of hydrogen-bond donors (Lipinski definition) is 3. The zero-order valence-electron chi connectivity index (χ0n) is 22.1. The van der Waals surface area contributed by atoms with Crippen molar-refractivity contribution in [2.75, 3.05) is 11.9 Å². The van der Waals surface area contributed by atoms with E-state index in [2.05, 4.69) is 33.2 Å². The molecular formula is C29H28F5IN2O4. The minimum atomic E-state index is -4.72. The summed E-state index contributed by atoms with van der Waals surface area (Å²) >= 11 is 2.07. The minimum Gasteiger partial charge on any atom is -0.481 e. The summed E-state index contributed by atoms with van der Waals surface area (Å²) in [5.74, 6) is -3.03. The van der Waals surface area contributed by atoms with Crippen molar-refractivity contribution >= 4 is 40.2 Å². The van der Waals surface area contributed by atoms with Gasteiger partial charge in [-0.05, 0) is 83.5 Å². The largest absolute Gasteiger partial charge is 0.481 e. The lowest BCUT2D eigenvalue weighted by Gasteiger charge is -2.27. The van der Waals surface area contributed by atoms with Crippen LogP contribution in [0.2, 0.25) is 0 Å². The van der Waals surface area contributed by atoms with Gasteiger partial charge in [0.05, 0.1) is 18.0 Å². The van der Waals surface area contributed by atoms with Crippen molar-refractivity contribution in [1.82, 2.24) is 5.32 Å². The van der Waals surface area contributed by atoms with E-state index in [4.69, 9.17) is 9.84 Å². The number of anilines is 1. The van der Waals surface area contributed by atoms with E-state index in [9.17, 15) is 31.5 Å². The zero-order valence-corrected chi connectivity index (χ0v) is 24.2. The Hall–Kier alpha value is -3.42. The lowest BCUT2D eigenvalue weighted by molar-refractivity contribution is -0.138. The van der Waals surface area contributed by atoms with Gasteiger partial charge in [-0.1, -0.05) is 19.9 Å². The van der Waals surface area contributed by atoms with Crippen molar-refractivity contribution in [2.24, 2.45) is 5.92 Å². The summed E-state index contributed by atoms with van der Waals surface area (Å²) < 4.78 is 73.4. The number of aliphatic carboxylic acids is 1. The average molecular weight is 690 g/mol. The molecule has 0 aliphatic carbocycles. The molecule has 0 aliphatic heterocycles. The summed E-state index contributed by atoms with van der Waals surface area (Å²) in [6.45, 7) is 4.06. The molecule has 0 saturated carbocycles. The van der Waals surface area contributed by atoms with Crippen LogP contribution >= 0.6 is 22.6 Å². The first kappa shape index (κ1) is 32.1. The monoisotopic (exact) mass is 690 g/mol. The highest BCUT2D eigenvalue weighted by Gasteiger charge is 2.31. The second-order valence-electron chi connectivity index (χ2n) is 9.66. The second kappa shape index (κ2) is 14.0. The van der Waals surface area contributed by atoms with Gasteiger partial charge >= 0.3 is 12.1 Å². The van der Waals surface area contributed by atoms with E-state index in [0.717, 1.165) is 12.1 Å². The minimum absolute atomic E-state index is 0.0132. The predicted molar refractivity (Wildman–Crippen MR) is 153 cm³/mol. The molecular weight excluding hydrogens is 662 g/mol. The Labute approximate surface area is 247 Å². The number of carboxylic acids is 1. The third-order valence-corrected chi connectivity index (χ3v) is 7.06. The van der Waals surface area contributed by atoms with Crippen LogP contribution < -0.4 is 15.4 Å². The van der Waals surface area contributed by atoms with Gasteiger partial charge in [0.2, 0.25) is 0 Å². The highest BCUT2D eigenvalue weighted by atomic mass is 127. The fourth-order valence-electron chi connectivity index (χ4n) is 3.97. The molecule has 0 aromatic heterocycles. The fraction of sp³-hybridized carbons (Fsp3) is 0.310. The molecule has 0 fully saturated rings. The number of alkyl halides is 4. The number of carbonyl (C=O) groups is 2. The number of rotatable bonds is 12. The molecule has 3 aromatic rings. The number of carbonyl (C=O) groups excluding carboxylic acids is 1. The van der Waals surface area contributed by atoms with E-state index < -0.39 is 39.4 Å². The summed E-state index contributed by atoms with van der Waals surface area (Å²) in [5, 5.41) is 14.6. The molecule has 0 heterocycles. The normalized spacial score (nSPS) is 13.0. The highest BCUT2D eigenvalue weighted by molar-refractivity contribution is 14.1. The molecule has 2 unspecified atom stereocenters. The topological polar surface area (TPSA) is 87.7 Å². The Bertz CT molecular complexity index is 1370. The third-order valence-electron chi connectivity index (χ3n) is 5.94. The van der Waals surface area contributed by atoms with E-state index in [0.29, 0.717) is 29.8 Å². The third kappa shape index (κ3) is 9.30. The summed E-state index contributed by atoms with van der Waals surface area (Å²) in [6.07, 6.45) is -4.23. The van der Waals surface area contributed by atoms with Crippen molar-refractivity contribution < 1.29 is 41.4 Å². The first-order valence-corrected chi connectivity index (χ1v) is 13.8. The zero-order chi connectivity index (χ0) is 30.3. The first-order chi connectivity index (χ1) is 19.2. The summed E-state index contributed by atoms with van der Waals surface area (Å²) in [4.78, 5) is 22.8. The van der Waals surface area contributed by atoms with Crippen LogP contribution in [0.25, 0.3) is 11.1 Å². The number of nitrogens with one attached hydrogen (secondary N) is 2. The van der Waals surface area contributed by atoms with Gasteiger partial charge in [0.15, 0.2) is 4.11 Å². The van der Waals surface area contributed by atoms with Gasteiger partial charge in [-0.25, -0.2) is 8.78 Å². The Balaban J connectivity index is 1.70. The second-order valence-corrected chi connectivity index (χ2v) is 10.9. The van der Waals surface area contributed by atoms with Crippen molar-refractivity contribution in [3.8, 4) is 16.9 Å². The van der Waals surface area contributed by atoms with Gasteiger partial charge in [0, 0.05) is 35.0 Å². The molecule has 1 amide bonds. The molecule has 0 radical (unpaired) electrons. The molecule has 0 spiro atoms. The number of amides is 1. The van der Waals surface area contributed by atoms with Gasteiger partial charge < -0.3 is 20.5 Å². The Morgan fingerprint density at radius 3 is 2.10 bits per heavy atom. The van der Waals surface area contributed by atoms with E-state index in [-0.39, 0.29) is 41.8 Å². The van der Waals surface area contributed by atoms with Gasteiger partial charge in [-0.2, -0.15) is 13.2 Å². The number of benzene rings is 3. The van der Waals surface area contributed by atoms with Crippen LogP contribution in [0, 0.1) is 17.6 Å². The van der Waals surface area contributed by atoms with Gasteiger partial charge in [-0.3, -0.25) is 9.59 Å². The molecule has 0 bridgehead atoms. The summed E-state index contributed by atoms with van der Waals surface area (Å²) in [6, 6.07) is 12.0. The maximum Gasteiger partial charge on any atom is 0.416 e. The van der Waals surface area contributed by atoms with E-state index in [1.165, 1.54) is 12.1 Å². The van der Waals surface area contributed by atoms with E-state index >= 15 is 0 Å². The van der Waals surface area contributed by atoms with Crippen LogP contribution in [-0.2, 0) is 11.0 Å². The van der Waals surface area contributed by atoms with Crippen LogP contribution in [0.4, 0.5) is 27.6 Å². The number of halogens is 6. The quantitative estimate of drug-likeness (QED) is 0.104. The maximum atomic E-state index is 14.9. The lowest BCUT2D eigenvalue weighted by Crippen LogP contribution is -2.34. The molecule has 2 atom stereocenters. The smallest absolute Gasteiger partial charge is 0.416 e. The first-order valence-electron chi connectivity index (χ1n) is 12.6. The Kier molecular flexibility index (Phi) is 10.9. The highest BCUT2D eigenvalue weighted by Crippen LogP contribution is 2.35. The standard InChI is InChI=1S/C29H28F5IN2O4/c1-16(2)13-25(37-19-6-3-17(4-7-19)28(40)36-12-11-26(38)39)27(35)41-20-8-10-22(24(31)15-20)21-9-5-18(14-23(21)30)29(32,33)34/h3-10,14-16,25,27,37H,11-13H2,1-2H3,(H,36,40)(H,38,39). The molecule has 3 N–H and O–H groups in total. The van der Waals surface area contributed by atoms with Crippen LogP contribution in [-0.4, -0.2) is 33.7 Å². The Morgan fingerprint density at radius 1 is 0.951 bits per heavy atom. The van der Waals surface area contributed by atoms with Gasteiger partial charge in [0.25, 0.3) is 5.91 Å². The molecule has 12 heteroatoms. The van der Waals surface area contributed by atoms with Crippen molar-refractivity contribution in [1.29, 1.82) is 0 Å². The molecule has 41 heavy (non-hydrogen) atoms. The van der Waals surface area contributed by atoms with Gasteiger partial charge in [0.1, 0.15) is 17.4 Å². The molecule has 0 aliphatic rings. The van der Waals surface area contributed by atoms with Crippen molar-refractivity contribution in [3.63, 3.8) is 0 Å². The Morgan fingerprint density at radius 2 is 1.56 bits per heavy atom. The maximum absolute atomic E-state index is 14.9. The SMILES string of the molecule is CC(C)CC(Nc1ccc(C(=O)NCCC(=O)O)cc1)C(I)Oc1ccc(-c2ccc(C(F)(F)F)cc2F)c(F)c1. The van der Waals surface area contributed by atoms with E-state index in [1.54, 1.807) is 24.3 Å². The lowest BCUT2D eigenvalue weighted by atomic mass is 10.0. The van der Waals surface area contributed by atoms with Crippen LogP contribution in [0.5, 0.6) is 5.75 Å². The summed E-state index contributed by atoms with van der Waals surface area (Å²) in [5.41, 5.74) is -0.598. The predicted octanol–water partition coefficient (Wildman–Crippen LogP) is 7.52. The summed E-state index contributed by atoms with van der Waals surface area (Å²) in [7, 11) is 0. The molecule has 220 valence electrons. The molecule has 3 rings (SSSR count). The fourth-order valence-corrected chi connectivity index (χ4v) is 4.73. The van der Waals surface area contributed by atoms with Crippen LogP contribution in [0.1, 0.15) is 42.6 Å². The van der Waals surface area contributed by atoms with Crippen LogP contribution in [0.15, 0.2) is 60.7 Å². The number of carboxylic acid groups (broad SMARTS) is 1. The molecule has 0 saturated heterocycles.